The van der Waals surface area contributed by atoms with Gasteiger partial charge in [-0.25, -0.2) is 4.79 Å². The number of esters is 1. The van der Waals surface area contributed by atoms with Crippen molar-refractivity contribution in [3.05, 3.63) is 11.5 Å². The van der Waals surface area contributed by atoms with Gasteiger partial charge >= 0.3 is 5.97 Å². The second-order valence-corrected chi connectivity index (χ2v) is 3.49. The van der Waals surface area contributed by atoms with E-state index in [0.29, 0.717) is 0 Å². The molecule has 0 saturated heterocycles. The van der Waals surface area contributed by atoms with Crippen LogP contribution < -0.4 is 0 Å². The molecule has 0 aromatic heterocycles. The van der Waals surface area contributed by atoms with Crippen molar-refractivity contribution in [1.82, 2.24) is 0 Å². The molecule has 1 aliphatic carbocycles. The van der Waals surface area contributed by atoms with Gasteiger partial charge in [0.2, 0.25) is 11.5 Å². The topological polar surface area (TPSA) is 113 Å². The molecule has 0 amide bonds. The molecule has 0 aliphatic heterocycles. The summed E-state index contributed by atoms with van der Waals surface area (Å²) in [5, 5.41) is 29.1. The highest BCUT2D eigenvalue weighted by molar-refractivity contribution is 6.10. The number of hydrogen-bond acceptors (Lipinski definition) is 7. The van der Waals surface area contributed by atoms with Crippen molar-refractivity contribution in [2.75, 3.05) is 14.2 Å². The number of Topliss-reactive ketones (excluding diaryl/α,β-unsaturated/α-hetero) is 1. The molecule has 0 fully saturated rings. The van der Waals surface area contributed by atoms with Gasteiger partial charge in [0.25, 0.3) is 5.60 Å². The maximum atomic E-state index is 11.4. The van der Waals surface area contributed by atoms with Gasteiger partial charge in [0, 0.05) is 0 Å². The number of carbonyl (C=O) groups excluding carboxylic acids is 2. The SMILES string of the molecule is COC(=O)C1(O)C(OC)=C(O)C(=O)C1(C)O. The van der Waals surface area contributed by atoms with E-state index in [1.54, 1.807) is 0 Å². The van der Waals surface area contributed by atoms with Crippen LogP contribution in [0.25, 0.3) is 0 Å². The van der Waals surface area contributed by atoms with Crippen LogP contribution in [0.4, 0.5) is 0 Å². The quantitative estimate of drug-likeness (QED) is 0.504. The van der Waals surface area contributed by atoms with Gasteiger partial charge in [0.05, 0.1) is 14.2 Å². The number of methoxy groups -OCH3 is 2. The lowest BCUT2D eigenvalue weighted by atomic mass is 9.86. The first-order chi connectivity index (χ1) is 7.25. The third-order valence-electron chi connectivity index (χ3n) is 2.59. The average Bonchev–Trinajstić information content (AvgIpc) is 2.38. The van der Waals surface area contributed by atoms with E-state index in [2.05, 4.69) is 9.47 Å². The van der Waals surface area contributed by atoms with Gasteiger partial charge in [0.1, 0.15) is 0 Å². The zero-order valence-electron chi connectivity index (χ0n) is 8.97. The number of aliphatic hydroxyl groups excluding tert-OH is 1. The Bertz CT molecular complexity index is 381. The lowest BCUT2D eigenvalue weighted by Gasteiger charge is -2.31. The monoisotopic (exact) mass is 232 g/mol. The normalized spacial score (nSPS) is 34.2. The van der Waals surface area contributed by atoms with E-state index < -0.39 is 34.5 Å². The summed E-state index contributed by atoms with van der Waals surface area (Å²) in [7, 11) is 2.00. The number of ether oxygens (including phenoxy) is 2. The molecule has 7 nitrogen and oxygen atoms in total. The Hall–Kier alpha value is -1.60. The van der Waals surface area contributed by atoms with E-state index in [1.807, 2.05) is 0 Å². The van der Waals surface area contributed by atoms with E-state index in [9.17, 15) is 24.9 Å². The van der Waals surface area contributed by atoms with Gasteiger partial charge < -0.3 is 24.8 Å². The van der Waals surface area contributed by atoms with Crippen LogP contribution in [0.2, 0.25) is 0 Å². The Kier molecular flexibility index (Phi) is 2.70. The van der Waals surface area contributed by atoms with E-state index in [-0.39, 0.29) is 0 Å². The van der Waals surface area contributed by atoms with E-state index in [4.69, 9.17) is 0 Å². The standard InChI is InChI=1S/C9H12O7/c1-8(13)5(11)4(10)6(15-2)9(8,14)7(12)16-3/h10,13-14H,1-3H3. The van der Waals surface area contributed by atoms with Crippen molar-refractivity contribution in [3.63, 3.8) is 0 Å². The zero-order valence-corrected chi connectivity index (χ0v) is 8.97. The summed E-state index contributed by atoms with van der Waals surface area (Å²) in [4.78, 5) is 22.8. The summed E-state index contributed by atoms with van der Waals surface area (Å²) in [6.45, 7) is 0.883. The van der Waals surface area contributed by atoms with Gasteiger partial charge in [-0.05, 0) is 6.92 Å². The second-order valence-electron chi connectivity index (χ2n) is 3.49. The maximum Gasteiger partial charge on any atom is 0.349 e. The number of ketones is 1. The molecule has 3 N–H and O–H groups in total. The fourth-order valence-corrected chi connectivity index (χ4v) is 1.57. The molecule has 16 heavy (non-hydrogen) atoms. The third-order valence-corrected chi connectivity index (χ3v) is 2.59. The van der Waals surface area contributed by atoms with Crippen LogP contribution >= 0.6 is 0 Å². The van der Waals surface area contributed by atoms with Crippen LogP contribution in [0, 0.1) is 0 Å². The average molecular weight is 232 g/mol. The molecular formula is C9H12O7. The Balaban J connectivity index is 3.46. The smallest absolute Gasteiger partial charge is 0.349 e. The van der Waals surface area contributed by atoms with Gasteiger partial charge in [-0.15, -0.1) is 0 Å². The lowest BCUT2D eigenvalue weighted by molar-refractivity contribution is -0.187. The highest BCUT2D eigenvalue weighted by Crippen LogP contribution is 2.41. The fourth-order valence-electron chi connectivity index (χ4n) is 1.57. The molecule has 90 valence electrons. The Labute approximate surface area is 90.9 Å². The summed E-state index contributed by atoms with van der Waals surface area (Å²) < 4.78 is 8.84. The van der Waals surface area contributed by atoms with Gasteiger partial charge in [-0.1, -0.05) is 0 Å². The van der Waals surface area contributed by atoms with Crippen LogP contribution in [0.5, 0.6) is 0 Å². The van der Waals surface area contributed by atoms with Gasteiger partial charge in [-0.3, -0.25) is 4.79 Å². The van der Waals surface area contributed by atoms with Crippen molar-refractivity contribution in [2.24, 2.45) is 0 Å². The highest BCUT2D eigenvalue weighted by atomic mass is 16.6. The minimum atomic E-state index is -2.74. The van der Waals surface area contributed by atoms with Crippen LogP contribution in [-0.2, 0) is 19.1 Å². The number of hydrogen-bond donors (Lipinski definition) is 3. The van der Waals surface area contributed by atoms with Crippen LogP contribution in [-0.4, -0.2) is 52.5 Å². The number of aliphatic hydroxyl groups is 3. The van der Waals surface area contributed by atoms with Crippen LogP contribution in [0.15, 0.2) is 11.5 Å². The first kappa shape index (κ1) is 12.5. The molecule has 2 unspecified atom stereocenters. The molecule has 1 aliphatic rings. The van der Waals surface area contributed by atoms with Crippen molar-refractivity contribution in [1.29, 1.82) is 0 Å². The second kappa shape index (κ2) is 3.46. The number of carbonyl (C=O) groups is 2. The minimum Gasteiger partial charge on any atom is -0.502 e. The Morgan fingerprint density at radius 1 is 1.31 bits per heavy atom. The molecule has 2 atom stereocenters. The zero-order chi connectivity index (χ0) is 12.7. The van der Waals surface area contributed by atoms with E-state index >= 15 is 0 Å². The van der Waals surface area contributed by atoms with E-state index in [0.717, 1.165) is 21.1 Å². The molecule has 0 aromatic carbocycles. The summed E-state index contributed by atoms with van der Waals surface area (Å²) in [6, 6.07) is 0. The number of rotatable bonds is 2. The first-order valence-electron chi connectivity index (χ1n) is 4.30. The molecule has 7 heteroatoms. The lowest BCUT2D eigenvalue weighted by Crippen LogP contribution is -2.59. The minimum absolute atomic E-state index is 0.727. The molecule has 0 aromatic rings. The molecule has 0 heterocycles. The van der Waals surface area contributed by atoms with Gasteiger partial charge in [0.15, 0.2) is 11.4 Å². The Morgan fingerprint density at radius 3 is 2.19 bits per heavy atom. The molecule has 1 rings (SSSR count). The summed E-state index contributed by atoms with van der Waals surface area (Å²) in [6.07, 6.45) is 0. The molecule has 0 radical (unpaired) electrons. The van der Waals surface area contributed by atoms with Crippen molar-refractivity contribution in [3.8, 4) is 0 Å². The van der Waals surface area contributed by atoms with Crippen molar-refractivity contribution < 1.29 is 34.4 Å². The first-order valence-corrected chi connectivity index (χ1v) is 4.30. The molecule has 0 spiro atoms. The molecule has 0 saturated carbocycles. The fraction of sp³-hybridized carbons (Fsp3) is 0.556. The predicted octanol–water partition coefficient (Wildman–Crippen LogP) is -1.36. The summed E-state index contributed by atoms with van der Waals surface area (Å²) >= 11 is 0. The maximum absolute atomic E-state index is 11.4. The third kappa shape index (κ3) is 1.15. The van der Waals surface area contributed by atoms with Gasteiger partial charge in [-0.2, -0.15) is 0 Å². The largest absolute Gasteiger partial charge is 0.502 e. The van der Waals surface area contributed by atoms with Crippen LogP contribution in [0.1, 0.15) is 6.92 Å². The predicted molar refractivity (Wildman–Crippen MR) is 49.3 cm³/mol. The summed E-state index contributed by atoms with van der Waals surface area (Å²) in [5.41, 5.74) is -5.27. The van der Waals surface area contributed by atoms with E-state index in [1.165, 1.54) is 0 Å². The highest BCUT2D eigenvalue weighted by Gasteiger charge is 2.68. The molecule has 0 bridgehead atoms. The Morgan fingerprint density at radius 2 is 1.81 bits per heavy atom. The molecular weight excluding hydrogens is 220 g/mol. The summed E-state index contributed by atoms with van der Waals surface area (Å²) in [5.74, 6) is -4.24. The van der Waals surface area contributed by atoms with Crippen molar-refractivity contribution in [2.45, 2.75) is 18.1 Å². The van der Waals surface area contributed by atoms with Crippen molar-refractivity contribution >= 4 is 11.8 Å². The van der Waals surface area contributed by atoms with Crippen LogP contribution in [0.3, 0.4) is 0 Å².